The van der Waals surface area contributed by atoms with E-state index < -0.39 is 0 Å². The first kappa shape index (κ1) is 22.4. The first-order chi connectivity index (χ1) is 16.6. The molecule has 0 radical (unpaired) electrons. The molecule has 6 nitrogen and oxygen atoms in total. The van der Waals surface area contributed by atoms with Crippen molar-refractivity contribution in [2.75, 3.05) is 24.1 Å². The molecule has 172 valence electrons. The number of aliphatic imine (C=N–C) groups is 1. The zero-order valence-electron chi connectivity index (χ0n) is 18.4. The van der Waals surface area contributed by atoms with Crippen LogP contribution < -0.4 is 19.1 Å². The third-order valence-electron chi connectivity index (χ3n) is 5.23. The number of nitrogens with zero attached hydrogens (tertiary/aromatic N) is 2. The molecule has 5 rings (SSSR count). The number of thioether (sulfide) groups is 1. The van der Waals surface area contributed by atoms with Crippen LogP contribution in [0.5, 0.6) is 17.2 Å². The number of amidine groups is 1. The van der Waals surface area contributed by atoms with Crippen LogP contribution in [0, 0.1) is 6.92 Å². The second kappa shape index (κ2) is 9.83. The monoisotopic (exact) mass is 492 g/mol. The fraction of sp³-hybridized carbons (Fsp3) is 0.154. The summed E-state index contributed by atoms with van der Waals surface area (Å²) < 4.78 is 16.6. The van der Waals surface area contributed by atoms with Crippen molar-refractivity contribution in [1.82, 2.24) is 0 Å². The molecule has 8 heteroatoms. The summed E-state index contributed by atoms with van der Waals surface area (Å²) in [4.78, 5) is 19.7. The zero-order chi connectivity index (χ0) is 23.5. The Bertz CT molecular complexity index is 1290. The maximum atomic E-state index is 13.4. The molecule has 0 saturated heterocycles. The van der Waals surface area contributed by atoms with Crippen LogP contribution in [0.15, 0.2) is 77.4 Å². The van der Waals surface area contributed by atoms with Crippen LogP contribution in [0.2, 0.25) is 5.02 Å². The van der Waals surface area contributed by atoms with Gasteiger partial charge in [-0.3, -0.25) is 9.69 Å². The fourth-order valence-corrected chi connectivity index (χ4v) is 4.54. The molecule has 2 aliphatic rings. The number of fused-ring (bicyclic) bond motifs is 1. The zero-order valence-corrected chi connectivity index (χ0v) is 19.9. The Balaban J connectivity index is 1.36. The minimum Gasteiger partial charge on any atom is -0.491 e. The average Bonchev–Trinajstić information content (AvgIpc) is 3.42. The Labute approximate surface area is 206 Å². The summed E-state index contributed by atoms with van der Waals surface area (Å²) in [5.74, 6) is 2.39. The van der Waals surface area contributed by atoms with Crippen LogP contribution in [0.3, 0.4) is 0 Å². The quantitative estimate of drug-likeness (QED) is 0.315. The highest BCUT2D eigenvalue weighted by Gasteiger charge is 2.32. The van der Waals surface area contributed by atoms with E-state index in [1.807, 2.05) is 67.6 Å². The summed E-state index contributed by atoms with van der Waals surface area (Å²) in [7, 11) is 0. The summed E-state index contributed by atoms with van der Waals surface area (Å²) >= 11 is 7.62. The third kappa shape index (κ3) is 4.76. The number of carbonyl (C=O) groups excluding carboxylic acids is 1. The number of carbonyl (C=O) groups is 1. The van der Waals surface area contributed by atoms with Crippen LogP contribution in [0.1, 0.15) is 11.1 Å². The molecule has 0 fully saturated rings. The summed E-state index contributed by atoms with van der Waals surface area (Å²) in [5, 5.41) is 1.17. The van der Waals surface area contributed by atoms with Gasteiger partial charge < -0.3 is 14.2 Å². The molecule has 3 aromatic rings. The number of para-hydroxylation sites is 1. The van der Waals surface area contributed by atoms with Crippen LogP contribution in [-0.2, 0) is 4.79 Å². The van der Waals surface area contributed by atoms with Gasteiger partial charge >= 0.3 is 0 Å². The van der Waals surface area contributed by atoms with Crippen LogP contribution in [-0.4, -0.2) is 30.2 Å². The molecular formula is C26H21ClN2O4S. The van der Waals surface area contributed by atoms with Gasteiger partial charge in [-0.05, 0) is 55.0 Å². The first-order valence-corrected chi connectivity index (χ1v) is 12.1. The standard InChI is InChI=1S/C26H21ClN2O4S/c1-17-6-9-19(10-7-17)29-25(30)21(14-18-8-11-23-24(15-18)33-16-32-23)28-26(29)34-13-12-31-22-5-3-2-4-20(22)27/h2-11,14-15H,12-13,16H2,1H3. The maximum Gasteiger partial charge on any atom is 0.283 e. The summed E-state index contributed by atoms with van der Waals surface area (Å²) in [5.41, 5.74) is 3.05. The van der Waals surface area contributed by atoms with E-state index in [1.165, 1.54) is 11.8 Å². The summed E-state index contributed by atoms with van der Waals surface area (Å²) in [6, 6.07) is 20.7. The second-order valence-electron chi connectivity index (χ2n) is 7.64. The van der Waals surface area contributed by atoms with Crippen LogP contribution >= 0.6 is 23.4 Å². The Morgan fingerprint density at radius 3 is 2.71 bits per heavy atom. The molecule has 0 spiro atoms. The van der Waals surface area contributed by atoms with Crippen LogP contribution in [0.25, 0.3) is 6.08 Å². The van der Waals surface area contributed by atoms with Crippen molar-refractivity contribution in [1.29, 1.82) is 0 Å². The third-order valence-corrected chi connectivity index (χ3v) is 6.45. The second-order valence-corrected chi connectivity index (χ2v) is 9.11. The van der Waals surface area contributed by atoms with Crippen molar-refractivity contribution in [2.24, 2.45) is 4.99 Å². The van der Waals surface area contributed by atoms with E-state index in [4.69, 9.17) is 25.8 Å². The number of halogens is 1. The molecule has 2 heterocycles. The van der Waals surface area contributed by atoms with E-state index in [9.17, 15) is 4.79 Å². The van der Waals surface area contributed by atoms with Gasteiger partial charge in [-0.1, -0.05) is 59.3 Å². The van der Waals surface area contributed by atoms with Gasteiger partial charge in [0.25, 0.3) is 5.91 Å². The smallest absolute Gasteiger partial charge is 0.283 e. The number of rotatable bonds is 6. The molecule has 0 saturated carbocycles. The Hall–Kier alpha value is -3.42. The minimum absolute atomic E-state index is 0.184. The topological polar surface area (TPSA) is 60.4 Å². The molecule has 0 bridgehead atoms. The predicted molar refractivity (Wildman–Crippen MR) is 136 cm³/mol. The lowest BCUT2D eigenvalue weighted by Gasteiger charge is -2.18. The molecular weight excluding hydrogens is 472 g/mol. The molecule has 0 unspecified atom stereocenters. The number of hydrogen-bond acceptors (Lipinski definition) is 6. The van der Waals surface area contributed by atoms with E-state index in [0.717, 1.165) is 16.8 Å². The van der Waals surface area contributed by atoms with Crippen molar-refractivity contribution < 1.29 is 19.0 Å². The highest BCUT2D eigenvalue weighted by molar-refractivity contribution is 8.14. The van der Waals surface area contributed by atoms with Crippen molar-refractivity contribution in [3.63, 3.8) is 0 Å². The predicted octanol–water partition coefficient (Wildman–Crippen LogP) is 5.93. The summed E-state index contributed by atoms with van der Waals surface area (Å²) in [6.07, 6.45) is 1.76. The van der Waals surface area contributed by atoms with Gasteiger partial charge in [0.05, 0.1) is 17.3 Å². The van der Waals surface area contributed by atoms with Crippen molar-refractivity contribution >= 4 is 46.2 Å². The highest BCUT2D eigenvalue weighted by Crippen LogP contribution is 2.35. The van der Waals surface area contributed by atoms with Crippen molar-refractivity contribution in [3.05, 3.63) is 88.6 Å². The Kier molecular flexibility index (Phi) is 6.47. The van der Waals surface area contributed by atoms with Gasteiger partial charge in [-0.15, -0.1) is 0 Å². The van der Waals surface area contributed by atoms with E-state index in [2.05, 4.69) is 4.99 Å². The molecule has 0 atom stereocenters. The van der Waals surface area contributed by atoms with Crippen molar-refractivity contribution in [3.8, 4) is 17.2 Å². The van der Waals surface area contributed by atoms with Gasteiger partial charge in [0, 0.05) is 5.75 Å². The van der Waals surface area contributed by atoms with Gasteiger partial charge in [-0.2, -0.15) is 0 Å². The van der Waals surface area contributed by atoms with E-state index in [1.54, 1.807) is 17.0 Å². The van der Waals surface area contributed by atoms with Crippen molar-refractivity contribution in [2.45, 2.75) is 6.92 Å². The van der Waals surface area contributed by atoms with E-state index >= 15 is 0 Å². The van der Waals surface area contributed by atoms with Gasteiger partial charge in [0.1, 0.15) is 11.4 Å². The number of amides is 1. The molecule has 1 amide bonds. The summed E-state index contributed by atoms with van der Waals surface area (Å²) in [6.45, 7) is 2.63. The minimum atomic E-state index is -0.184. The lowest BCUT2D eigenvalue weighted by molar-refractivity contribution is -0.113. The van der Waals surface area contributed by atoms with Gasteiger partial charge in [0.2, 0.25) is 6.79 Å². The fourth-order valence-electron chi connectivity index (χ4n) is 3.52. The Morgan fingerprint density at radius 1 is 1.09 bits per heavy atom. The normalized spacial score (nSPS) is 15.7. The average molecular weight is 493 g/mol. The molecule has 0 N–H and O–H groups in total. The van der Waals surface area contributed by atoms with Gasteiger partial charge in [0.15, 0.2) is 16.7 Å². The number of ether oxygens (including phenoxy) is 3. The molecule has 0 aliphatic carbocycles. The van der Waals surface area contributed by atoms with E-state index in [-0.39, 0.29) is 12.7 Å². The molecule has 2 aliphatic heterocycles. The lowest BCUT2D eigenvalue weighted by Crippen LogP contribution is -2.30. The number of aryl methyl sites for hydroxylation is 1. The maximum absolute atomic E-state index is 13.4. The van der Waals surface area contributed by atoms with Gasteiger partial charge in [-0.25, -0.2) is 4.99 Å². The van der Waals surface area contributed by atoms with E-state index in [0.29, 0.717) is 45.5 Å². The number of hydrogen-bond donors (Lipinski definition) is 0. The molecule has 34 heavy (non-hydrogen) atoms. The Morgan fingerprint density at radius 2 is 1.88 bits per heavy atom. The largest absolute Gasteiger partial charge is 0.491 e. The molecule has 0 aromatic heterocycles. The molecule has 3 aromatic carbocycles. The lowest BCUT2D eigenvalue weighted by atomic mass is 10.1. The number of anilines is 1. The SMILES string of the molecule is Cc1ccc(N2C(=O)C(=Cc3ccc4c(c3)OCO4)N=C2SCCOc2ccccc2Cl)cc1. The highest BCUT2D eigenvalue weighted by atomic mass is 35.5. The van der Waals surface area contributed by atoms with Crippen LogP contribution in [0.4, 0.5) is 5.69 Å². The number of benzene rings is 3. The first-order valence-electron chi connectivity index (χ1n) is 10.7.